The molecule has 1 aliphatic heterocycles. The van der Waals surface area contributed by atoms with Gasteiger partial charge in [0.1, 0.15) is 4.47 Å². The Hall–Kier alpha value is -0.880. The highest BCUT2D eigenvalue weighted by molar-refractivity contribution is 9.10. The summed E-state index contributed by atoms with van der Waals surface area (Å²) in [6, 6.07) is 0.460. The first kappa shape index (κ1) is 15.0. The van der Waals surface area contributed by atoms with Crippen molar-refractivity contribution in [3.8, 4) is 0 Å². The number of nitrogens with zero attached hydrogens (tertiary/aromatic N) is 3. The van der Waals surface area contributed by atoms with Crippen LogP contribution in [0.5, 0.6) is 0 Å². The minimum absolute atomic E-state index is 0.00598. The van der Waals surface area contributed by atoms with Crippen molar-refractivity contribution in [1.29, 1.82) is 0 Å². The van der Waals surface area contributed by atoms with Crippen LogP contribution in [0.4, 0.5) is 5.69 Å². The van der Waals surface area contributed by atoms with E-state index >= 15 is 0 Å². The normalized spacial score (nSPS) is 21.7. The second-order valence-electron chi connectivity index (χ2n) is 6.11. The fourth-order valence-electron chi connectivity index (χ4n) is 2.98. The van der Waals surface area contributed by atoms with Gasteiger partial charge in [-0.3, -0.25) is 4.79 Å². The first-order valence-electron chi connectivity index (χ1n) is 7.93. The molecule has 1 saturated heterocycles. The molecule has 21 heavy (non-hydrogen) atoms. The summed E-state index contributed by atoms with van der Waals surface area (Å²) in [4.78, 5) is 14.8. The molecule has 0 radical (unpaired) electrons. The number of halogens is 1. The zero-order chi connectivity index (χ0) is 14.8. The lowest BCUT2D eigenvalue weighted by atomic mass is 10.2. The third kappa shape index (κ3) is 3.31. The Bertz CT molecular complexity index is 549. The van der Waals surface area contributed by atoms with Gasteiger partial charge in [-0.2, -0.15) is 5.10 Å². The minimum Gasteiger partial charge on any atom is -0.365 e. The highest BCUT2D eigenvalue weighted by Crippen LogP contribution is 2.31. The van der Waals surface area contributed by atoms with Gasteiger partial charge in [0.05, 0.1) is 11.9 Å². The van der Waals surface area contributed by atoms with E-state index in [1.807, 2.05) is 6.20 Å². The molecule has 1 atom stereocenters. The second-order valence-corrected chi connectivity index (χ2v) is 6.91. The van der Waals surface area contributed by atoms with E-state index in [-0.39, 0.29) is 5.56 Å². The fraction of sp³-hybridized carbons (Fsp3) is 0.733. The molecule has 2 aliphatic rings. The molecule has 0 amide bonds. The van der Waals surface area contributed by atoms with Crippen LogP contribution in [0, 0.1) is 5.92 Å². The first-order chi connectivity index (χ1) is 10.2. The number of hydrogen-bond acceptors (Lipinski definition) is 4. The number of hydrogen-bond donors (Lipinski definition) is 1. The standard InChI is InChI=1S/C15H23BrN4O/c1-2-7-19(12-5-6-17-8-12)13-9-18-20(10-11-3-4-11)15(21)14(13)16/h9,11-12,17H,2-8,10H2,1H3. The van der Waals surface area contributed by atoms with Crippen molar-refractivity contribution in [3.63, 3.8) is 0 Å². The third-order valence-corrected chi connectivity index (χ3v) is 5.09. The summed E-state index contributed by atoms with van der Waals surface area (Å²) >= 11 is 3.52. The fourth-order valence-corrected chi connectivity index (χ4v) is 3.51. The number of aromatic nitrogens is 2. The molecule has 1 aromatic rings. The predicted octanol–water partition coefficient (Wildman–Crippen LogP) is 1.99. The van der Waals surface area contributed by atoms with E-state index in [9.17, 15) is 4.79 Å². The van der Waals surface area contributed by atoms with Crippen LogP contribution in [0.2, 0.25) is 0 Å². The molecule has 1 N–H and O–H groups in total. The van der Waals surface area contributed by atoms with Crippen molar-refractivity contribution in [3.05, 3.63) is 21.0 Å². The molecule has 1 aliphatic carbocycles. The molecule has 0 aromatic carbocycles. The van der Waals surface area contributed by atoms with E-state index < -0.39 is 0 Å². The van der Waals surface area contributed by atoms with Crippen LogP contribution in [-0.2, 0) is 6.54 Å². The minimum atomic E-state index is 0.00598. The Morgan fingerprint density at radius 2 is 2.29 bits per heavy atom. The lowest BCUT2D eigenvalue weighted by Gasteiger charge is -2.30. The van der Waals surface area contributed by atoms with Gasteiger partial charge in [-0.15, -0.1) is 0 Å². The monoisotopic (exact) mass is 354 g/mol. The molecule has 116 valence electrons. The molecular weight excluding hydrogens is 332 g/mol. The van der Waals surface area contributed by atoms with E-state index in [4.69, 9.17) is 0 Å². The Labute approximate surface area is 133 Å². The number of rotatable bonds is 6. The molecule has 1 aromatic heterocycles. The molecule has 5 nitrogen and oxygen atoms in total. The van der Waals surface area contributed by atoms with Crippen LogP contribution in [0.1, 0.15) is 32.6 Å². The summed E-state index contributed by atoms with van der Waals surface area (Å²) in [5, 5.41) is 7.81. The van der Waals surface area contributed by atoms with E-state index in [2.05, 4.69) is 38.2 Å². The third-order valence-electron chi connectivity index (χ3n) is 4.34. The zero-order valence-electron chi connectivity index (χ0n) is 12.5. The second kappa shape index (κ2) is 6.48. The van der Waals surface area contributed by atoms with E-state index in [0.29, 0.717) is 16.4 Å². The van der Waals surface area contributed by atoms with Gasteiger partial charge in [0, 0.05) is 25.7 Å². The van der Waals surface area contributed by atoms with Crippen molar-refractivity contribution in [2.75, 3.05) is 24.5 Å². The van der Waals surface area contributed by atoms with Crippen LogP contribution < -0.4 is 15.8 Å². The Morgan fingerprint density at radius 1 is 1.48 bits per heavy atom. The summed E-state index contributed by atoms with van der Waals surface area (Å²) in [5.41, 5.74) is 0.953. The first-order valence-corrected chi connectivity index (χ1v) is 8.73. The summed E-state index contributed by atoms with van der Waals surface area (Å²) in [5.74, 6) is 0.652. The van der Waals surface area contributed by atoms with Crippen LogP contribution in [0.15, 0.2) is 15.5 Å². The summed E-state index contributed by atoms with van der Waals surface area (Å²) in [7, 11) is 0. The van der Waals surface area contributed by atoms with Gasteiger partial charge in [-0.1, -0.05) is 6.92 Å². The molecular formula is C15H23BrN4O. The maximum absolute atomic E-state index is 12.5. The van der Waals surface area contributed by atoms with Crippen molar-refractivity contribution in [1.82, 2.24) is 15.1 Å². The molecule has 0 spiro atoms. The lowest BCUT2D eigenvalue weighted by Crippen LogP contribution is -2.39. The Morgan fingerprint density at radius 3 is 2.90 bits per heavy atom. The van der Waals surface area contributed by atoms with Gasteiger partial charge in [0.25, 0.3) is 5.56 Å². The van der Waals surface area contributed by atoms with Gasteiger partial charge in [0.15, 0.2) is 0 Å². The topological polar surface area (TPSA) is 50.2 Å². The zero-order valence-corrected chi connectivity index (χ0v) is 14.1. The number of anilines is 1. The van der Waals surface area contributed by atoms with E-state index in [1.165, 1.54) is 12.8 Å². The van der Waals surface area contributed by atoms with Crippen molar-refractivity contribution in [2.24, 2.45) is 5.92 Å². The molecule has 1 unspecified atom stereocenters. The quantitative estimate of drug-likeness (QED) is 0.848. The van der Waals surface area contributed by atoms with Crippen LogP contribution in [0.25, 0.3) is 0 Å². The maximum Gasteiger partial charge on any atom is 0.283 e. The SMILES string of the molecule is CCCN(c1cnn(CC2CC2)c(=O)c1Br)C1CCNC1. The molecule has 0 bridgehead atoms. The average molecular weight is 355 g/mol. The van der Waals surface area contributed by atoms with Gasteiger partial charge in [0.2, 0.25) is 0 Å². The van der Waals surface area contributed by atoms with Gasteiger partial charge >= 0.3 is 0 Å². The van der Waals surface area contributed by atoms with Gasteiger partial charge < -0.3 is 10.2 Å². The summed E-state index contributed by atoms with van der Waals surface area (Å²) in [6.45, 7) is 5.92. The van der Waals surface area contributed by atoms with Crippen LogP contribution in [0.3, 0.4) is 0 Å². The number of nitrogens with one attached hydrogen (secondary N) is 1. The lowest BCUT2D eigenvalue weighted by molar-refractivity contribution is 0.527. The Balaban J connectivity index is 1.87. The molecule has 2 heterocycles. The maximum atomic E-state index is 12.5. The summed E-state index contributed by atoms with van der Waals surface area (Å²) < 4.78 is 2.28. The van der Waals surface area contributed by atoms with Gasteiger partial charge in [-0.25, -0.2) is 4.68 Å². The van der Waals surface area contributed by atoms with E-state index in [1.54, 1.807) is 4.68 Å². The molecule has 1 saturated carbocycles. The highest BCUT2D eigenvalue weighted by Gasteiger charge is 2.27. The molecule has 3 rings (SSSR count). The largest absolute Gasteiger partial charge is 0.365 e. The molecule has 6 heteroatoms. The van der Waals surface area contributed by atoms with Crippen molar-refractivity contribution in [2.45, 2.75) is 45.2 Å². The Kier molecular flexibility index (Phi) is 4.64. The molecule has 2 fully saturated rings. The van der Waals surface area contributed by atoms with E-state index in [0.717, 1.165) is 44.7 Å². The smallest absolute Gasteiger partial charge is 0.283 e. The average Bonchev–Trinajstić information content (AvgIpc) is 3.13. The van der Waals surface area contributed by atoms with Crippen molar-refractivity contribution < 1.29 is 0 Å². The van der Waals surface area contributed by atoms with Crippen LogP contribution in [-0.4, -0.2) is 35.5 Å². The predicted molar refractivity (Wildman–Crippen MR) is 87.8 cm³/mol. The highest BCUT2D eigenvalue weighted by atomic mass is 79.9. The summed E-state index contributed by atoms with van der Waals surface area (Å²) in [6.07, 6.45) is 6.50. The van der Waals surface area contributed by atoms with Crippen molar-refractivity contribution >= 4 is 21.6 Å². The van der Waals surface area contributed by atoms with Crippen LogP contribution >= 0.6 is 15.9 Å². The van der Waals surface area contributed by atoms with Gasteiger partial charge in [-0.05, 0) is 54.1 Å².